The highest BCUT2D eigenvalue weighted by Crippen LogP contribution is 2.42. The molecule has 0 radical (unpaired) electrons. The Balaban J connectivity index is 1.53. The number of nitrogens with one attached hydrogen (secondary N) is 1. The molecule has 1 amide bonds. The maximum Gasteiger partial charge on any atom is 0.573 e. The van der Waals surface area contributed by atoms with Gasteiger partial charge in [0.25, 0.3) is 5.91 Å². The lowest BCUT2D eigenvalue weighted by Gasteiger charge is -2.39. The van der Waals surface area contributed by atoms with Gasteiger partial charge in [-0.3, -0.25) is 14.8 Å². The van der Waals surface area contributed by atoms with Crippen LogP contribution in [0.3, 0.4) is 0 Å². The molecule has 0 aliphatic carbocycles. The summed E-state index contributed by atoms with van der Waals surface area (Å²) < 4.78 is 66.7. The molecule has 36 heavy (non-hydrogen) atoms. The van der Waals surface area contributed by atoms with Gasteiger partial charge in [-0.25, -0.2) is 4.39 Å². The third kappa shape index (κ3) is 4.42. The average Bonchev–Trinajstić information content (AvgIpc) is 3.40. The molecule has 3 aromatic heterocycles. The van der Waals surface area contributed by atoms with Gasteiger partial charge in [-0.1, -0.05) is 11.2 Å². The number of fused-ring (bicyclic) bond motifs is 1. The molecule has 0 fully saturated rings. The van der Waals surface area contributed by atoms with Crippen molar-refractivity contribution in [1.82, 2.24) is 25.4 Å². The van der Waals surface area contributed by atoms with Gasteiger partial charge in [0.1, 0.15) is 22.7 Å². The summed E-state index contributed by atoms with van der Waals surface area (Å²) >= 11 is 0. The Morgan fingerprint density at radius 1 is 1.11 bits per heavy atom. The number of aromatic nitrogens is 4. The second-order valence-corrected chi connectivity index (χ2v) is 7.69. The van der Waals surface area contributed by atoms with Crippen LogP contribution in [0.25, 0.3) is 11.4 Å². The average molecular weight is 501 g/mol. The van der Waals surface area contributed by atoms with Gasteiger partial charge in [0.05, 0.1) is 6.61 Å². The van der Waals surface area contributed by atoms with Crippen LogP contribution in [0.4, 0.5) is 17.6 Å². The van der Waals surface area contributed by atoms with Crippen molar-refractivity contribution < 1.29 is 36.4 Å². The monoisotopic (exact) mass is 501 g/mol. The van der Waals surface area contributed by atoms with Crippen LogP contribution in [0, 0.1) is 5.82 Å². The van der Waals surface area contributed by atoms with E-state index in [9.17, 15) is 22.4 Å². The molecule has 1 aliphatic heterocycles. The summed E-state index contributed by atoms with van der Waals surface area (Å²) in [4.78, 5) is 25.7. The van der Waals surface area contributed by atoms with Crippen LogP contribution < -0.4 is 14.8 Å². The van der Waals surface area contributed by atoms with Crippen LogP contribution in [-0.4, -0.2) is 39.0 Å². The van der Waals surface area contributed by atoms with Crippen molar-refractivity contribution in [2.45, 2.75) is 18.3 Å². The molecule has 1 atom stereocenters. The van der Waals surface area contributed by atoms with E-state index in [1.165, 1.54) is 24.5 Å². The maximum atomic E-state index is 14.7. The number of benzene rings is 1. The van der Waals surface area contributed by atoms with Crippen molar-refractivity contribution in [1.29, 1.82) is 0 Å². The minimum absolute atomic E-state index is 0.0167. The highest BCUT2D eigenvalue weighted by molar-refractivity contribution is 5.93. The minimum atomic E-state index is -5.07. The topological polar surface area (TPSA) is 112 Å². The van der Waals surface area contributed by atoms with Crippen LogP contribution >= 0.6 is 0 Å². The molecule has 4 aromatic rings. The zero-order valence-corrected chi connectivity index (χ0v) is 18.1. The van der Waals surface area contributed by atoms with Gasteiger partial charge in [-0.15, -0.1) is 13.2 Å². The van der Waals surface area contributed by atoms with E-state index >= 15 is 0 Å². The van der Waals surface area contributed by atoms with Crippen LogP contribution in [-0.2, 0) is 5.54 Å². The number of carbonyl (C=O) groups is 1. The summed E-state index contributed by atoms with van der Waals surface area (Å²) in [5.41, 5.74) is -0.498. The third-order valence-corrected chi connectivity index (χ3v) is 5.50. The molecular weight excluding hydrogens is 486 g/mol. The largest absolute Gasteiger partial charge is 0.573 e. The molecule has 1 aliphatic rings. The van der Waals surface area contributed by atoms with E-state index in [-0.39, 0.29) is 35.8 Å². The van der Waals surface area contributed by atoms with E-state index < -0.39 is 29.4 Å². The molecule has 5 rings (SSSR count). The maximum absolute atomic E-state index is 14.7. The van der Waals surface area contributed by atoms with Crippen molar-refractivity contribution in [3.8, 4) is 22.9 Å². The number of hydrogen-bond acceptors (Lipinski definition) is 8. The Hall–Kier alpha value is -4.55. The summed E-state index contributed by atoms with van der Waals surface area (Å²) in [6.07, 6.45) is -0.960. The number of pyridine rings is 2. The SMILES string of the molecule is O=C(NC1(c2ccc(OC(F)(F)F)c(F)c2)CCOc2cccnc21)c1ccc(-c2ncon2)cn1. The fourth-order valence-corrected chi connectivity index (χ4v) is 3.92. The van der Waals surface area contributed by atoms with Gasteiger partial charge >= 0.3 is 6.36 Å². The number of ether oxygens (including phenoxy) is 2. The molecule has 1 aromatic carbocycles. The van der Waals surface area contributed by atoms with E-state index in [1.54, 1.807) is 18.2 Å². The predicted octanol–water partition coefficient (Wildman–Crippen LogP) is 4.02. The van der Waals surface area contributed by atoms with Gasteiger partial charge in [-0.2, -0.15) is 4.98 Å². The van der Waals surface area contributed by atoms with E-state index in [0.717, 1.165) is 18.5 Å². The number of rotatable bonds is 5. The number of halogens is 4. The standard InChI is InChI=1S/C23H15F4N5O4/c24-15-10-14(4-6-17(15)36-23(25,26)27)22(7-9-34-18-2-1-8-28-19(18)22)31-21(33)16-5-3-13(11-29-16)20-30-12-35-32-20/h1-6,8,10-12H,7,9H2,(H,31,33). The number of amides is 1. The Morgan fingerprint density at radius 2 is 1.97 bits per heavy atom. The van der Waals surface area contributed by atoms with Crippen molar-refractivity contribution in [2.75, 3.05) is 6.61 Å². The van der Waals surface area contributed by atoms with E-state index in [1.807, 2.05) is 0 Å². The predicted molar refractivity (Wildman–Crippen MR) is 113 cm³/mol. The molecule has 1 unspecified atom stereocenters. The lowest BCUT2D eigenvalue weighted by atomic mass is 9.81. The second kappa shape index (κ2) is 8.91. The highest BCUT2D eigenvalue weighted by Gasteiger charge is 2.43. The lowest BCUT2D eigenvalue weighted by molar-refractivity contribution is -0.275. The molecule has 0 spiro atoms. The molecule has 9 nitrogen and oxygen atoms in total. The molecular formula is C23H15F4N5O4. The van der Waals surface area contributed by atoms with Crippen molar-refractivity contribution >= 4 is 5.91 Å². The zero-order valence-electron chi connectivity index (χ0n) is 18.1. The van der Waals surface area contributed by atoms with Crippen LogP contribution in [0.15, 0.2) is 65.8 Å². The molecule has 1 N–H and O–H groups in total. The Kier molecular flexibility index (Phi) is 5.74. The number of hydrogen-bond donors (Lipinski definition) is 1. The first-order valence-corrected chi connectivity index (χ1v) is 10.4. The zero-order chi connectivity index (χ0) is 25.3. The first kappa shape index (κ1) is 23.2. The molecule has 4 heterocycles. The summed E-state index contributed by atoms with van der Waals surface area (Å²) in [5, 5.41) is 6.55. The molecule has 0 saturated heterocycles. The molecule has 0 saturated carbocycles. The minimum Gasteiger partial charge on any atom is -0.491 e. The fourth-order valence-electron chi connectivity index (χ4n) is 3.92. The summed E-state index contributed by atoms with van der Waals surface area (Å²) in [7, 11) is 0. The van der Waals surface area contributed by atoms with E-state index in [4.69, 9.17) is 9.26 Å². The first-order chi connectivity index (χ1) is 17.2. The third-order valence-electron chi connectivity index (χ3n) is 5.50. The van der Waals surface area contributed by atoms with Gasteiger partial charge in [0, 0.05) is 24.4 Å². The quantitative estimate of drug-likeness (QED) is 0.408. The Morgan fingerprint density at radius 3 is 2.67 bits per heavy atom. The van der Waals surface area contributed by atoms with Gasteiger partial charge in [0.15, 0.2) is 11.6 Å². The number of nitrogens with zero attached hydrogens (tertiary/aromatic N) is 4. The van der Waals surface area contributed by atoms with Gasteiger partial charge in [0.2, 0.25) is 12.2 Å². The summed E-state index contributed by atoms with van der Waals surface area (Å²) in [5.74, 6) is -2.28. The number of carbonyl (C=O) groups excluding carboxylic acids is 1. The van der Waals surface area contributed by atoms with Crippen molar-refractivity contribution in [3.63, 3.8) is 0 Å². The first-order valence-electron chi connectivity index (χ1n) is 10.4. The molecule has 13 heteroatoms. The normalized spacial score (nSPS) is 17.1. The van der Waals surface area contributed by atoms with Crippen LogP contribution in [0.1, 0.15) is 28.2 Å². The molecule has 0 bridgehead atoms. The smallest absolute Gasteiger partial charge is 0.491 e. The summed E-state index contributed by atoms with van der Waals surface area (Å²) in [6.45, 7) is 0.117. The van der Waals surface area contributed by atoms with Gasteiger partial charge in [-0.05, 0) is 42.0 Å². The van der Waals surface area contributed by atoms with Crippen molar-refractivity contribution in [2.24, 2.45) is 0 Å². The fraction of sp³-hybridized carbons (Fsp3) is 0.174. The second-order valence-electron chi connectivity index (χ2n) is 7.69. The highest BCUT2D eigenvalue weighted by atomic mass is 19.4. The number of alkyl halides is 3. The van der Waals surface area contributed by atoms with Crippen LogP contribution in [0.2, 0.25) is 0 Å². The molecule has 184 valence electrons. The van der Waals surface area contributed by atoms with E-state index in [2.05, 4.69) is 30.2 Å². The van der Waals surface area contributed by atoms with Gasteiger partial charge < -0.3 is 19.3 Å². The Bertz CT molecular complexity index is 1400. The lowest BCUT2D eigenvalue weighted by Crippen LogP contribution is -2.50. The van der Waals surface area contributed by atoms with Crippen molar-refractivity contribution in [3.05, 3.63) is 84.0 Å². The van der Waals surface area contributed by atoms with E-state index in [0.29, 0.717) is 11.3 Å². The Labute approximate surface area is 200 Å². The summed E-state index contributed by atoms with van der Waals surface area (Å²) in [6, 6.07) is 9.21. The van der Waals surface area contributed by atoms with Crippen LogP contribution in [0.5, 0.6) is 11.5 Å².